The lowest BCUT2D eigenvalue weighted by molar-refractivity contribution is 0.323. The zero-order chi connectivity index (χ0) is 17.5. The molecule has 0 aliphatic heterocycles. The molecular weight excluding hydrogens is 310 g/mol. The Morgan fingerprint density at radius 1 is 1.08 bits per heavy atom. The molecule has 0 fully saturated rings. The van der Waals surface area contributed by atoms with Crippen molar-refractivity contribution >= 4 is 0 Å². The van der Waals surface area contributed by atoms with Gasteiger partial charge in [0.2, 0.25) is 11.6 Å². The molecule has 1 aromatic heterocycles. The zero-order valence-electron chi connectivity index (χ0n) is 14.9. The highest BCUT2D eigenvalue weighted by molar-refractivity contribution is 5.53. The highest BCUT2D eigenvalue weighted by Crippen LogP contribution is 2.38. The van der Waals surface area contributed by atoms with E-state index in [1.54, 1.807) is 21.3 Å². The van der Waals surface area contributed by atoms with E-state index in [-0.39, 0.29) is 0 Å². The van der Waals surface area contributed by atoms with Crippen LogP contribution in [0.25, 0.3) is 0 Å². The summed E-state index contributed by atoms with van der Waals surface area (Å²) in [6.07, 6.45) is 2.13. The second kappa shape index (κ2) is 8.54. The Morgan fingerprint density at radius 3 is 2.29 bits per heavy atom. The largest absolute Gasteiger partial charge is 0.493 e. The average molecular weight is 335 g/mol. The summed E-state index contributed by atoms with van der Waals surface area (Å²) in [6.45, 7) is 2.08. The van der Waals surface area contributed by atoms with Crippen molar-refractivity contribution in [1.29, 1.82) is 0 Å². The topological polar surface area (TPSA) is 78.6 Å². The highest BCUT2D eigenvalue weighted by atomic mass is 16.5. The van der Waals surface area contributed by atoms with Crippen molar-refractivity contribution in [3.63, 3.8) is 0 Å². The van der Waals surface area contributed by atoms with Crippen molar-refractivity contribution < 1.29 is 18.7 Å². The van der Waals surface area contributed by atoms with Crippen molar-refractivity contribution in [3.8, 4) is 17.2 Å². The standard InChI is InChI=1S/C17H25N3O4/c1-11(18-2)8-15-19-16(24-20-15)7-6-12-9-13(21-3)17(23-5)14(10-12)22-4/h9-11,18H,6-8H2,1-5H3. The number of methoxy groups -OCH3 is 3. The number of nitrogens with zero attached hydrogens (tertiary/aromatic N) is 2. The van der Waals surface area contributed by atoms with Crippen LogP contribution in [0.4, 0.5) is 0 Å². The number of rotatable bonds is 9. The summed E-state index contributed by atoms with van der Waals surface area (Å²) in [7, 11) is 6.71. The number of benzene rings is 1. The molecule has 7 heteroatoms. The van der Waals surface area contributed by atoms with Gasteiger partial charge >= 0.3 is 0 Å². The number of aryl methyl sites for hydroxylation is 2. The predicted octanol–water partition coefficient (Wildman–Crippen LogP) is 2.03. The van der Waals surface area contributed by atoms with E-state index in [2.05, 4.69) is 22.4 Å². The smallest absolute Gasteiger partial charge is 0.226 e. The van der Waals surface area contributed by atoms with Gasteiger partial charge in [-0.2, -0.15) is 4.98 Å². The molecule has 24 heavy (non-hydrogen) atoms. The third-order valence-corrected chi connectivity index (χ3v) is 3.84. The number of aromatic nitrogens is 2. The first-order chi connectivity index (χ1) is 11.6. The molecule has 0 spiro atoms. The molecule has 2 aromatic rings. The van der Waals surface area contributed by atoms with Crippen molar-refractivity contribution in [2.45, 2.75) is 32.2 Å². The number of likely N-dealkylation sites (N-methyl/N-ethyl adjacent to an activating group) is 1. The van der Waals surface area contributed by atoms with Gasteiger partial charge in [-0.25, -0.2) is 0 Å². The fraction of sp³-hybridized carbons (Fsp3) is 0.529. The lowest BCUT2D eigenvalue weighted by Crippen LogP contribution is -2.24. The fourth-order valence-electron chi connectivity index (χ4n) is 2.38. The first-order valence-corrected chi connectivity index (χ1v) is 7.88. The molecule has 1 heterocycles. The average Bonchev–Trinajstić information content (AvgIpc) is 3.05. The Bertz CT molecular complexity index is 632. The van der Waals surface area contributed by atoms with Crippen LogP contribution in [0.5, 0.6) is 17.2 Å². The molecule has 2 rings (SSSR count). The predicted molar refractivity (Wildman–Crippen MR) is 90.0 cm³/mol. The molecule has 1 unspecified atom stereocenters. The summed E-state index contributed by atoms with van der Waals surface area (Å²) in [5, 5.41) is 7.17. The first-order valence-electron chi connectivity index (χ1n) is 7.88. The van der Waals surface area contributed by atoms with Gasteiger partial charge in [-0.05, 0) is 38.1 Å². The van der Waals surface area contributed by atoms with Crippen molar-refractivity contribution in [2.24, 2.45) is 0 Å². The third kappa shape index (κ3) is 4.38. The SMILES string of the molecule is CNC(C)Cc1noc(CCc2cc(OC)c(OC)c(OC)c2)n1. The van der Waals surface area contributed by atoms with Gasteiger partial charge < -0.3 is 24.1 Å². The van der Waals surface area contributed by atoms with Gasteiger partial charge in [0.05, 0.1) is 21.3 Å². The van der Waals surface area contributed by atoms with Crippen LogP contribution in [-0.2, 0) is 19.3 Å². The van der Waals surface area contributed by atoms with E-state index in [4.69, 9.17) is 18.7 Å². The highest BCUT2D eigenvalue weighted by Gasteiger charge is 2.14. The molecule has 1 atom stereocenters. The molecule has 0 saturated carbocycles. The van der Waals surface area contributed by atoms with Crippen LogP contribution >= 0.6 is 0 Å². The van der Waals surface area contributed by atoms with Crippen LogP contribution < -0.4 is 19.5 Å². The summed E-state index contributed by atoms with van der Waals surface area (Å²) in [4.78, 5) is 4.43. The van der Waals surface area contributed by atoms with Crippen LogP contribution in [0.1, 0.15) is 24.2 Å². The van der Waals surface area contributed by atoms with Crippen molar-refractivity contribution in [1.82, 2.24) is 15.5 Å². The number of hydrogen-bond donors (Lipinski definition) is 1. The molecule has 7 nitrogen and oxygen atoms in total. The third-order valence-electron chi connectivity index (χ3n) is 3.84. The summed E-state index contributed by atoms with van der Waals surface area (Å²) in [5.41, 5.74) is 1.05. The van der Waals surface area contributed by atoms with Crippen LogP contribution in [0.2, 0.25) is 0 Å². The van der Waals surface area contributed by atoms with E-state index in [9.17, 15) is 0 Å². The Hall–Kier alpha value is -2.28. The lowest BCUT2D eigenvalue weighted by atomic mass is 10.1. The van der Waals surface area contributed by atoms with Gasteiger partial charge in [0.1, 0.15) is 0 Å². The molecule has 0 bridgehead atoms. The first kappa shape index (κ1) is 18.1. The molecule has 0 radical (unpaired) electrons. The second-order valence-electron chi connectivity index (χ2n) is 5.53. The molecule has 1 N–H and O–H groups in total. The summed E-state index contributed by atoms with van der Waals surface area (Å²) < 4.78 is 21.4. The Morgan fingerprint density at radius 2 is 1.75 bits per heavy atom. The van der Waals surface area contributed by atoms with Crippen LogP contribution in [-0.4, -0.2) is 44.6 Å². The quantitative estimate of drug-likeness (QED) is 0.751. The van der Waals surface area contributed by atoms with Gasteiger partial charge in [0, 0.05) is 18.9 Å². The molecule has 0 aliphatic carbocycles. The van der Waals surface area contributed by atoms with Gasteiger partial charge in [0.25, 0.3) is 0 Å². The summed E-state index contributed by atoms with van der Waals surface area (Å²) in [5.74, 6) is 3.21. The Labute approximate surface area is 142 Å². The van der Waals surface area contributed by atoms with Gasteiger partial charge in [0.15, 0.2) is 17.3 Å². The van der Waals surface area contributed by atoms with Crippen LogP contribution in [0.15, 0.2) is 16.7 Å². The summed E-state index contributed by atoms with van der Waals surface area (Å²) >= 11 is 0. The molecule has 0 aliphatic rings. The Kier molecular flexibility index (Phi) is 6.43. The van der Waals surface area contributed by atoms with E-state index in [1.807, 2.05) is 19.2 Å². The maximum Gasteiger partial charge on any atom is 0.226 e. The van der Waals surface area contributed by atoms with Gasteiger partial charge in [-0.15, -0.1) is 0 Å². The second-order valence-corrected chi connectivity index (χ2v) is 5.53. The van der Waals surface area contributed by atoms with Crippen molar-refractivity contribution in [3.05, 3.63) is 29.4 Å². The van der Waals surface area contributed by atoms with E-state index in [0.717, 1.165) is 24.2 Å². The van der Waals surface area contributed by atoms with E-state index in [1.165, 1.54) is 0 Å². The minimum atomic E-state index is 0.311. The Balaban J connectivity index is 2.06. The number of ether oxygens (including phenoxy) is 3. The lowest BCUT2D eigenvalue weighted by Gasteiger charge is -2.13. The van der Waals surface area contributed by atoms with Crippen LogP contribution in [0, 0.1) is 0 Å². The van der Waals surface area contributed by atoms with E-state index >= 15 is 0 Å². The van der Waals surface area contributed by atoms with Crippen LogP contribution in [0.3, 0.4) is 0 Å². The fourth-order valence-corrected chi connectivity index (χ4v) is 2.38. The minimum Gasteiger partial charge on any atom is -0.493 e. The zero-order valence-corrected chi connectivity index (χ0v) is 14.9. The van der Waals surface area contributed by atoms with Crippen molar-refractivity contribution in [2.75, 3.05) is 28.4 Å². The number of nitrogens with one attached hydrogen (secondary N) is 1. The normalized spacial score (nSPS) is 12.0. The van der Waals surface area contributed by atoms with Gasteiger partial charge in [-0.3, -0.25) is 0 Å². The van der Waals surface area contributed by atoms with E-state index < -0.39 is 0 Å². The summed E-state index contributed by atoms with van der Waals surface area (Å²) in [6, 6.07) is 4.18. The molecular formula is C17H25N3O4. The number of hydrogen-bond acceptors (Lipinski definition) is 7. The molecule has 0 saturated heterocycles. The molecule has 0 amide bonds. The molecule has 1 aromatic carbocycles. The maximum absolute atomic E-state index is 5.37. The maximum atomic E-state index is 5.37. The molecule has 132 valence electrons. The van der Waals surface area contributed by atoms with Gasteiger partial charge in [-0.1, -0.05) is 5.16 Å². The monoisotopic (exact) mass is 335 g/mol. The minimum absolute atomic E-state index is 0.311. The van der Waals surface area contributed by atoms with E-state index in [0.29, 0.717) is 35.6 Å².